The molecule has 1 spiro atoms. The van der Waals surface area contributed by atoms with Crippen LogP contribution >= 0.6 is 0 Å². The van der Waals surface area contributed by atoms with Crippen LogP contribution in [0.3, 0.4) is 0 Å². The van der Waals surface area contributed by atoms with Crippen molar-refractivity contribution in [2.24, 2.45) is 5.41 Å². The molecule has 0 aromatic heterocycles. The second-order valence-electron chi connectivity index (χ2n) is 5.26. The molecule has 0 aliphatic carbocycles. The van der Waals surface area contributed by atoms with E-state index in [1.165, 1.54) is 64.7 Å². The van der Waals surface area contributed by atoms with E-state index in [1.54, 1.807) is 0 Å². The number of hydrogen-bond donors (Lipinski definition) is 1. The molecule has 2 saturated heterocycles. The Hall–Kier alpha value is -0.0800. The highest BCUT2D eigenvalue weighted by atomic mass is 15.1. The fourth-order valence-electron chi connectivity index (χ4n) is 3.08. The third kappa shape index (κ3) is 2.48. The number of nitrogens with zero attached hydrogens (tertiary/aromatic N) is 1. The third-order valence-electron chi connectivity index (χ3n) is 4.16. The van der Waals surface area contributed by atoms with Gasteiger partial charge in [0.1, 0.15) is 0 Å². The summed E-state index contributed by atoms with van der Waals surface area (Å²) < 4.78 is 0. The summed E-state index contributed by atoms with van der Waals surface area (Å²) in [6.45, 7) is 5.14. The molecule has 14 heavy (non-hydrogen) atoms. The van der Waals surface area contributed by atoms with Gasteiger partial charge in [-0.3, -0.25) is 0 Å². The fraction of sp³-hybridized carbons (Fsp3) is 1.00. The van der Waals surface area contributed by atoms with E-state index in [0.29, 0.717) is 5.41 Å². The molecule has 0 radical (unpaired) electrons. The SMILES string of the molecule is CN1CCCC2(CCCNCC2)CC1. The van der Waals surface area contributed by atoms with Crippen molar-refractivity contribution in [3.8, 4) is 0 Å². The number of rotatable bonds is 0. The minimum Gasteiger partial charge on any atom is -0.317 e. The fourth-order valence-corrected chi connectivity index (χ4v) is 3.08. The molecule has 1 N–H and O–H groups in total. The quantitative estimate of drug-likeness (QED) is 0.636. The van der Waals surface area contributed by atoms with E-state index in [0.717, 1.165) is 0 Å². The Balaban J connectivity index is 1.97. The molecule has 2 rings (SSSR count). The molecule has 2 heteroatoms. The third-order valence-corrected chi connectivity index (χ3v) is 4.16. The zero-order valence-corrected chi connectivity index (χ0v) is 9.52. The van der Waals surface area contributed by atoms with Crippen molar-refractivity contribution in [3.63, 3.8) is 0 Å². The normalized spacial score (nSPS) is 36.6. The van der Waals surface area contributed by atoms with Crippen LogP contribution in [0, 0.1) is 5.41 Å². The molecule has 0 amide bonds. The van der Waals surface area contributed by atoms with Crippen LogP contribution in [0.4, 0.5) is 0 Å². The van der Waals surface area contributed by atoms with Crippen LogP contribution in [-0.2, 0) is 0 Å². The van der Waals surface area contributed by atoms with Crippen LogP contribution in [0.2, 0.25) is 0 Å². The molecule has 2 aliphatic rings. The molecule has 2 aliphatic heterocycles. The molecule has 2 heterocycles. The van der Waals surface area contributed by atoms with Crippen LogP contribution in [0.15, 0.2) is 0 Å². The predicted molar refractivity (Wildman–Crippen MR) is 60.5 cm³/mol. The zero-order valence-electron chi connectivity index (χ0n) is 9.52. The largest absolute Gasteiger partial charge is 0.317 e. The Labute approximate surface area is 88.1 Å². The van der Waals surface area contributed by atoms with Gasteiger partial charge in [-0.25, -0.2) is 0 Å². The van der Waals surface area contributed by atoms with E-state index < -0.39 is 0 Å². The van der Waals surface area contributed by atoms with E-state index >= 15 is 0 Å². The molecule has 0 saturated carbocycles. The zero-order chi connectivity index (χ0) is 9.86. The average molecular weight is 196 g/mol. The maximum atomic E-state index is 3.54. The van der Waals surface area contributed by atoms with Crippen molar-refractivity contribution in [2.75, 3.05) is 33.2 Å². The maximum Gasteiger partial charge on any atom is -0.00165 e. The molecule has 2 nitrogen and oxygen atoms in total. The number of likely N-dealkylation sites (tertiary alicyclic amines) is 1. The van der Waals surface area contributed by atoms with E-state index in [4.69, 9.17) is 0 Å². The lowest BCUT2D eigenvalue weighted by atomic mass is 9.75. The van der Waals surface area contributed by atoms with E-state index in [-0.39, 0.29) is 0 Å². The van der Waals surface area contributed by atoms with Gasteiger partial charge in [-0.05, 0) is 77.2 Å². The second-order valence-corrected chi connectivity index (χ2v) is 5.26. The van der Waals surface area contributed by atoms with Crippen molar-refractivity contribution < 1.29 is 0 Å². The highest BCUT2D eigenvalue weighted by Crippen LogP contribution is 2.39. The second kappa shape index (κ2) is 4.63. The Morgan fingerprint density at radius 2 is 1.79 bits per heavy atom. The molecular weight excluding hydrogens is 172 g/mol. The Morgan fingerprint density at radius 1 is 0.929 bits per heavy atom. The minimum atomic E-state index is 0.703. The lowest BCUT2D eigenvalue weighted by molar-refractivity contribution is 0.211. The minimum absolute atomic E-state index is 0.703. The summed E-state index contributed by atoms with van der Waals surface area (Å²) in [5.41, 5.74) is 0.703. The molecule has 1 atom stereocenters. The Kier molecular flexibility index (Phi) is 3.45. The van der Waals surface area contributed by atoms with Gasteiger partial charge in [-0.15, -0.1) is 0 Å². The van der Waals surface area contributed by atoms with Gasteiger partial charge in [0, 0.05) is 0 Å². The molecule has 0 aromatic carbocycles. The molecular formula is C12H24N2. The first-order chi connectivity index (χ1) is 6.81. The van der Waals surface area contributed by atoms with Crippen molar-refractivity contribution in [3.05, 3.63) is 0 Å². The van der Waals surface area contributed by atoms with Crippen molar-refractivity contribution in [2.45, 2.75) is 38.5 Å². The van der Waals surface area contributed by atoms with Crippen LogP contribution in [0.5, 0.6) is 0 Å². The first kappa shape index (κ1) is 10.4. The molecule has 0 aromatic rings. The predicted octanol–water partition coefficient (Wildman–Crippen LogP) is 1.86. The van der Waals surface area contributed by atoms with E-state index in [2.05, 4.69) is 17.3 Å². The van der Waals surface area contributed by atoms with Crippen molar-refractivity contribution >= 4 is 0 Å². The summed E-state index contributed by atoms with van der Waals surface area (Å²) in [5, 5.41) is 3.54. The van der Waals surface area contributed by atoms with E-state index in [1.807, 2.05) is 0 Å². The first-order valence-corrected chi connectivity index (χ1v) is 6.20. The lowest BCUT2D eigenvalue weighted by Crippen LogP contribution is -2.25. The molecule has 2 fully saturated rings. The van der Waals surface area contributed by atoms with Crippen LogP contribution < -0.4 is 5.32 Å². The smallest absolute Gasteiger partial charge is 0.00165 e. The van der Waals surface area contributed by atoms with Crippen molar-refractivity contribution in [1.82, 2.24) is 10.2 Å². The monoisotopic (exact) mass is 196 g/mol. The summed E-state index contributed by atoms with van der Waals surface area (Å²) in [6.07, 6.45) is 8.60. The van der Waals surface area contributed by atoms with Gasteiger partial charge < -0.3 is 10.2 Å². The van der Waals surface area contributed by atoms with Gasteiger partial charge in [-0.2, -0.15) is 0 Å². The number of hydrogen-bond acceptors (Lipinski definition) is 2. The number of nitrogens with one attached hydrogen (secondary N) is 1. The van der Waals surface area contributed by atoms with Gasteiger partial charge in [0.25, 0.3) is 0 Å². The lowest BCUT2D eigenvalue weighted by Gasteiger charge is -2.31. The summed E-state index contributed by atoms with van der Waals surface area (Å²) in [4.78, 5) is 2.51. The van der Waals surface area contributed by atoms with Crippen molar-refractivity contribution in [1.29, 1.82) is 0 Å². The first-order valence-electron chi connectivity index (χ1n) is 6.20. The van der Waals surface area contributed by atoms with Crippen LogP contribution in [-0.4, -0.2) is 38.1 Å². The van der Waals surface area contributed by atoms with Gasteiger partial charge in [0.05, 0.1) is 0 Å². The Morgan fingerprint density at radius 3 is 2.71 bits per heavy atom. The van der Waals surface area contributed by atoms with Gasteiger partial charge >= 0.3 is 0 Å². The highest BCUT2D eigenvalue weighted by Gasteiger charge is 2.31. The summed E-state index contributed by atoms with van der Waals surface area (Å²) >= 11 is 0. The summed E-state index contributed by atoms with van der Waals surface area (Å²) in [6, 6.07) is 0. The van der Waals surface area contributed by atoms with Gasteiger partial charge in [-0.1, -0.05) is 0 Å². The van der Waals surface area contributed by atoms with E-state index in [9.17, 15) is 0 Å². The summed E-state index contributed by atoms with van der Waals surface area (Å²) in [7, 11) is 2.27. The van der Waals surface area contributed by atoms with Gasteiger partial charge in [0.2, 0.25) is 0 Å². The highest BCUT2D eigenvalue weighted by molar-refractivity contribution is 4.85. The topological polar surface area (TPSA) is 15.3 Å². The Bertz CT molecular complexity index is 171. The average Bonchev–Trinajstić information content (AvgIpc) is 2.50. The van der Waals surface area contributed by atoms with Gasteiger partial charge in [0.15, 0.2) is 0 Å². The maximum absolute atomic E-state index is 3.54. The standard InChI is InChI=1S/C12H24N2/c1-14-10-3-5-12(7-11-14)4-2-8-13-9-6-12/h13H,2-11H2,1H3. The molecule has 1 unspecified atom stereocenters. The van der Waals surface area contributed by atoms with Crippen LogP contribution in [0.25, 0.3) is 0 Å². The molecule has 0 bridgehead atoms. The summed E-state index contributed by atoms with van der Waals surface area (Å²) in [5.74, 6) is 0. The van der Waals surface area contributed by atoms with Crippen LogP contribution in [0.1, 0.15) is 38.5 Å². The molecule has 82 valence electrons.